The van der Waals surface area contributed by atoms with Gasteiger partial charge in [-0.05, 0) is 47.5 Å². The molecular formula is C27H22ClFN4O3S. The Morgan fingerprint density at radius 3 is 2.65 bits per heavy atom. The largest absolute Gasteiger partial charge is 0.497 e. The van der Waals surface area contributed by atoms with Crippen molar-refractivity contribution < 1.29 is 18.7 Å². The van der Waals surface area contributed by atoms with E-state index >= 15 is 0 Å². The average Bonchev–Trinajstić information content (AvgIpc) is 3.49. The second-order valence-corrected chi connectivity index (χ2v) is 10.1. The second-order valence-electron chi connectivity index (χ2n) is 8.49. The zero-order chi connectivity index (χ0) is 25.9. The maximum absolute atomic E-state index is 13.5. The van der Waals surface area contributed by atoms with Crippen LogP contribution in [0.4, 0.5) is 10.1 Å². The van der Waals surface area contributed by atoms with E-state index in [4.69, 9.17) is 21.4 Å². The highest BCUT2D eigenvalue weighted by molar-refractivity contribution is 8.15. The number of hydrogen-bond acceptors (Lipinski definition) is 6. The van der Waals surface area contributed by atoms with E-state index in [1.165, 1.54) is 23.9 Å². The Labute approximate surface area is 222 Å². The van der Waals surface area contributed by atoms with Gasteiger partial charge in [0.15, 0.2) is 5.17 Å². The number of aliphatic imine (C=N–C) groups is 1. The molecule has 7 nitrogen and oxygen atoms in total. The van der Waals surface area contributed by atoms with Crippen LogP contribution in [0.25, 0.3) is 0 Å². The summed E-state index contributed by atoms with van der Waals surface area (Å²) in [6, 6.07) is 20.3. The number of halogens is 2. The molecule has 0 unspecified atom stereocenters. The fourth-order valence-electron chi connectivity index (χ4n) is 4.13. The predicted octanol–water partition coefficient (Wildman–Crippen LogP) is 5.67. The molecule has 188 valence electrons. The van der Waals surface area contributed by atoms with E-state index in [1.807, 2.05) is 12.1 Å². The van der Waals surface area contributed by atoms with Gasteiger partial charge in [0, 0.05) is 29.6 Å². The van der Waals surface area contributed by atoms with Crippen molar-refractivity contribution in [3.8, 4) is 5.75 Å². The van der Waals surface area contributed by atoms with Crippen LogP contribution in [0.3, 0.4) is 0 Å². The van der Waals surface area contributed by atoms with E-state index in [2.05, 4.69) is 10.3 Å². The minimum Gasteiger partial charge on any atom is -0.497 e. The molecule has 2 amide bonds. The Hall–Kier alpha value is -3.69. The van der Waals surface area contributed by atoms with Crippen molar-refractivity contribution in [3.05, 3.63) is 94.8 Å². The minimum atomic E-state index is -0.670. The third-order valence-electron chi connectivity index (χ3n) is 5.99. The molecule has 0 aliphatic carbocycles. The molecule has 1 N–H and O–H groups in total. The number of rotatable bonds is 6. The molecular weight excluding hydrogens is 515 g/mol. The first-order chi connectivity index (χ1) is 17.9. The van der Waals surface area contributed by atoms with Crippen LogP contribution in [0.1, 0.15) is 30.0 Å². The third kappa shape index (κ3) is 5.68. The number of anilines is 1. The van der Waals surface area contributed by atoms with E-state index in [9.17, 15) is 14.0 Å². The van der Waals surface area contributed by atoms with Crippen LogP contribution in [-0.4, -0.2) is 40.1 Å². The number of thioether (sulfide) groups is 1. The molecule has 3 aromatic rings. The van der Waals surface area contributed by atoms with Gasteiger partial charge in [-0.2, -0.15) is 10.1 Å². The molecule has 2 aliphatic rings. The molecule has 0 fully saturated rings. The van der Waals surface area contributed by atoms with E-state index in [-0.39, 0.29) is 30.1 Å². The highest BCUT2D eigenvalue weighted by atomic mass is 35.5. The van der Waals surface area contributed by atoms with Crippen LogP contribution in [0, 0.1) is 5.82 Å². The van der Waals surface area contributed by atoms with Gasteiger partial charge >= 0.3 is 0 Å². The third-order valence-corrected chi connectivity index (χ3v) is 7.39. The highest BCUT2D eigenvalue weighted by Crippen LogP contribution is 2.39. The lowest BCUT2D eigenvalue weighted by Gasteiger charge is -2.23. The lowest BCUT2D eigenvalue weighted by molar-refractivity contribution is -0.121. The first-order valence-electron chi connectivity index (χ1n) is 11.5. The molecule has 37 heavy (non-hydrogen) atoms. The van der Waals surface area contributed by atoms with Gasteiger partial charge in [-0.3, -0.25) is 9.59 Å². The molecule has 2 atom stereocenters. The average molecular weight is 537 g/mol. The summed E-state index contributed by atoms with van der Waals surface area (Å²) >= 11 is 7.30. The van der Waals surface area contributed by atoms with Crippen LogP contribution < -0.4 is 10.1 Å². The number of carbonyl (C=O) groups is 2. The quantitative estimate of drug-likeness (QED) is 0.439. The van der Waals surface area contributed by atoms with E-state index < -0.39 is 5.25 Å². The SMILES string of the molecule is COc1cccc(NC(=O)C[C@H]2SC(N3N=C(c4ccc(F)cc4)C[C@@H]3c3ccc(Cl)cc3)=NC2=O)c1. The lowest BCUT2D eigenvalue weighted by atomic mass is 9.99. The van der Waals surface area contributed by atoms with Crippen molar-refractivity contribution in [1.82, 2.24) is 5.01 Å². The van der Waals surface area contributed by atoms with Gasteiger partial charge in [-0.15, -0.1) is 0 Å². The molecule has 0 bridgehead atoms. The summed E-state index contributed by atoms with van der Waals surface area (Å²) in [5.41, 5.74) is 3.05. The van der Waals surface area contributed by atoms with Gasteiger partial charge in [-0.1, -0.05) is 53.7 Å². The van der Waals surface area contributed by atoms with Crippen LogP contribution in [0.2, 0.25) is 5.02 Å². The fraction of sp³-hybridized carbons (Fsp3) is 0.185. The summed E-state index contributed by atoms with van der Waals surface area (Å²) in [5, 5.41) is 9.63. The van der Waals surface area contributed by atoms with Crippen molar-refractivity contribution in [3.63, 3.8) is 0 Å². The maximum Gasteiger partial charge on any atom is 0.262 e. The van der Waals surface area contributed by atoms with Crippen LogP contribution in [-0.2, 0) is 9.59 Å². The molecule has 0 spiro atoms. The van der Waals surface area contributed by atoms with Gasteiger partial charge in [0.25, 0.3) is 5.91 Å². The number of methoxy groups -OCH3 is 1. The van der Waals surface area contributed by atoms with Gasteiger partial charge in [0.1, 0.15) is 16.8 Å². The zero-order valence-corrected chi connectivity index (χ0v) is 21.3. The normalized spacial score (nSPS) is 19.0. The highest BCUT2D eigenvalue weighted by Gasteiger charge is 2.39. The standard InChI is InChI=1S/C27H22ClFN4O3S/c1-36-21-4-2-3-20(13-21)30-25(34)15-24-26(35)31-27(37-24)33-23(17-5-9-18(28)10-6-17)14-22(32-33)16-7-11-19(29)12-8-16/h2-13,23-24H,14-15H2,1H3,(H,30,34)/t23-,24-/m1/s1. The summed E-state index contributed by atoms with van der Waals surface area (Å²) < 4.78 is 18.7. The minimum absolute atomic E-state index is 0.0400. The molecule has 0 saturated heterocycles. The number of carbonyl (C=O) groups excluding carboxylic acids is 2. The number of ether oxygens (including phenoxy) is 1. The van der Waals surface area contributed by atoms with E-state index in [1.54, 1.807) is 60.6 Å². The Bertz CT molecular complexity index is 1400. The Morgan fingerprint density at radius 2 is 1.92 bits per heavy atom. The van der Waals surface area contributed by atoms with Gasteiger partial charge in [0.05, 0.1) is 18.9 Å². The van der Waals surface area contributed by atoms with Crippen molar-refractivity contribution >= 4 is 51.7 Å². The van der Waals surface area contributed by atoms with Gasteiger partial charge < -0.3 is 10.1 Å². The number of benzene rings is 3. The topological polar surface area (TPSA) is 83.4 Å². The van der Waals surface area contributed by atoms with Crippen molar-refractivity contribution in [2.75, 3.05) is 12.4 Å². The molecule has 0 saturated carbocycles. The van der Waals surface area contributed by atoms with Crippen molar-refractivity contribution in [1.29, 1.82) is 0 Å². The zero-order valence-electron chi connectivity index (χ0n) is 19.7. The van der Waals surface area contributed by atoms with Crippen LogP contribution in [0.15, 0.2) is 82.9 Å². The van der Waals surface area contributed by atoms with Gasteiger partial charge in [0.2, 0.25) is 5.91 Å². The monoisotopic (exact) mass is 536 g/mol. The molecule has 0 radical (unpaired) electrons. The summed E-state index contributed by atoms with van der Waals surface area (Å²) in [5.74, 6) is -0.403. The summed E-state index contributed by atoms with van der Waals surface area (Å²) in [4.78, 5) is 29.7. The molecule has 0 aromatic heterocycles. The fourth-order valence-corrected chi connectivity index (χ4v) is 5.32. The molecule has 10 heteroatoms. The Morgan fingerprint density at radius 1 is 1.16 bits per heavy atom. The van der Waals surface area contributed by atoms with Gasteiger partial charge in [-0.25, -0.2) is 9.40 Å². The van der Waals surface area contributed by atoms with Crippen LogP contribution >= 0.6 is 23.4 Å². The predicted molar refractivity (Wildman–Crippen MR) is 144 cm³/mol. The number of amidine groups is 1. The first kappa shape index (κ1) is 25.0. The van der Waals surface area contributed by atoms with Crippen molar-refractivity contribution in [2.45, 2.75) is 24.1 Å². The van der Waals surface area contributed by atoms with E-state index in [0.717, 1.165) is 16.8 Å². The molecule has 2 aliphatic heterocycles. The Kier molecular flexibility index (Phi) is 7.25. The van der Waals surface area contributed by atoms with E-state index in [0.29, 0.717) is 28.0 Å². The summed E-state index contributed by atoms with van der Waals surface area (Å²) in [6.45, 7) is 0. The summed E-state index contributed by atoms with van der Waals surface area (Å²) in [7, 11) is 1.55. The Balaban J connectivity index is 1.34. The smallest absolute Gasteiger partial charge is 0.262 e. The van der Waals surface area contributed by atoms with Crippen molar-refractivity contribution in [2.24, 2.45) is 10.1 Å². The lowest BCUT2D eigenvalue weighted by Crippen LogP contribution is -2.25. The van der Waals surface area contributed by atoms with Crippen LogP contribution in [0.5, 0.6) is 5.75 Å². The number of hydrazone groups is 1. The second kappa shape index (κ2) is 10.7. The summed E-state index contributed by atoms with van der Waals surface area (Å²) in [6.07, 6.45) is 0.490. The first-order valence-corrected chi connectivity index (χ1v) is 12.8. The number of hydrogen-bond donors (Lipinski definition) is 1. The molecule has 2 heterocycles. The number of nitrogens with one attached hydrogen (secondary N) is 1. The number of nitrogens with zero attached hydrogens (tertiary/aromatic N) is 3. The molecule has 5 rings (SSSR count). The maximum atomic E-state index is 13.5. The number of amides is 2. The molecule has 3 aromatic carbocycles.